The van der Waals surface area contributed by atoms with E-state index < -0.39 is 0 Å². The Labute approximate surface area is 112 Å². The number of amides is 1. The van der Waals surface area contributed by atoms with Gasteiger partial charge in [-0.05, 0) is 31.0 Å². The zero-order chi connectivity index (χ0) is 13.1. The first-order valence-corrected chi connectivity index (χ1v) is 6.34. The van der Waals surface area contributed by atoms with Crippen molar-refractivity contribution in [1.82, 2.24) is 5.32 Å². The van der Waals surface area contributed by atoms with E-state index in [4.69, 9.17) is 16.3 Å². The Morgan fingerprint density at radius 1 is 1.50 bits per heavy atom. The molecule has 0 aromatic heterocycles. The summed E-state index contributed by atoms with van der Waals surface area (Å²) < 4.78 is 5.26. The lowest BCUT2D eigenvalue weighted by Gasteiger charge is -2.23. The number of carbonyl (C=O) groups is 1. The minimum absolute atomic E-state index is 0.108. The minimum Gasteiger partial charge on any atom is -0.378 e. The Kier molecular flexibility index (Phi) is 4.22. The lowest BCUT2D eigenvalue weighted by Crippen LogP contribution is -2.48. The van der Waals surface area contributed by atoms with Gasteiger partial charge in [0.2, 0.25) is 5.91 Å². The summed E-state index contributed by atoms with van der Waals surface area (Å²) >= 11 is 6.15. The Balaban J connectivity index is 2.11. The van der Waals surface area contributed by atoms with Gasteiger partial charge in [-0.2, -0.15) is 0 Å². The summed E-state index contributed by atoms with van der Waals surface area (Å²) in [6.07, 6.45) is 0. The second-order valence-electron chi connectivity index (χ2n) is 4.51. The third-order valence-corrected chi connectivity index (χ3v) is 3.22. The predicted octanol–water partition coefficient (Wildman–Crippen LogP) is 1.88. The second kappa shape index (κ2) is 5.69. The molecule has 1 unspecified atom stereocenters. The fourth-order valence-corrected chi connectivity index (χ4v) is 2.39. The van der Waals surface area contributed by atoms with Gasteiger partial charge >= 0.3 is 0 Å². The molecule has 1 aliphatic rings. The lowest BCUT2D eigenvalue weighted by molar-refractivity contribution is -0.120. The molecule has 0 saturated carbocycles. The van der Waals surface area contributed by atoms with Crippen LogP contribution < -0.4 is 10.6 Å². The molecular formula is C13H17ClN2O2. The van der Waals surface area contributed by atoms with Crippen LogP contribution in [-0.2, 0) is 9.53 Å². The van der Waals surface area contributed by atoms with Crippen LogP contribution >= 0.6 is 11.6 Å². The van der Waals surface area contributed by atoms with Crippen LogP contribution in [0.5, 0.6) is 0 Å². The van der Waals surface area contributed by atoms with Crippen LogP contribution in [0.2, 0.25) is 5.02 Å². The van der Waals surface area contributed by atoms with Gasteiger partial charge in [0.25, 0.3) is 0 Å². The van der Waals surface area contributed by atoms with Crippen molar-refractivity contribution in [2.75, 3.05) is 25.1 Å². The molecule has 1 aromatic carbocycles. The number of anilines is 1. The van der Waals surface area contributed by atoms with Gasteiger partial charge in [-0.15, -0.1) is 0 Å². The highest BCUT2D eigenvalue weighted by Gasteiger charge is 2.22. The summed E-state index contributed by atoms with van der Waals surface area (Å²) in [6, 6.07) is 3.52. The summed E-state index contributed by atoms with van der Waals surface area (Å²) in [5.41, 5.74) is 2.72. The molecule has 1 saturated heterocycles. The fraction of sp³-hybridized carbons (Fsp3) is 0.462. The zero-order valence-corrected chi connectivity index (χ0v) is 11.3. The van der Waals surface area contributed by atoms with Crippen molar-refractivity contribution < 1.29 is 9.53 Å². The molecule has 1 heterocycles. The second-order valence-corrected chi connectivity index (χ2v) is 4.92. The quantitative estimate of drug-likeness (QED) is 0.861. The summed E-state index contributed by atoms with van der Waals surface area (Å²) in [5, 5.41) is 6.54. The first-order chi connectivity index (χ1) is 8.58. The molecule has 1 aliphatic heterocycles. The van der Waals surface area contributed by atoms with E-state index in [1.807, 2.05) is 26.0 Å². The SMILES string of the molecule is Cc1cc(C)c(NC(=O)C2COCCN2)c(Cl)c1. The maximum absolute atomic E-state index is 12.0. The van der Waals surface area contributed by atoms with Crippen molar-refractivity contribution >= 4 is 23.2 Å². The molecule has 5 heteroatoms. The Morgan fingerprint density at radius 3 is 2.89 bits per heavy atom. The summed E-state index contributed by atoms with van der Waals surface area (Å²) in [6.45, 7) is 5.64. The molecular weight excluding hydrogens is 252 g/mol. The molecule has 0 bridgehead atoms. The van der Waals surface area contributed by atoms with Gasteiger partial charge < -0.3 is 15.4 Å². The summed E-state index contributed by atoms with van der Waals surface area (Å²) in [7, 11) is 0. The molecule has 0 spiro atoms. The number of aryl methyl sites for hydroxylation is 2. The molecule has 1 fully saturated rings. The van der Waals surface area contributed by atoms with Gasteiger partial charge in [-0.1, -0.05) is 17.7 Å². The highest BCUT2D eigenvalue weighted by Crippen LogP contribution is 2.27. The van der Waals surface area contributed by atoms with E-state index >= 15 is 0 Å². The maximum atomic E-state index is 12.0. The zero-order valence-electron chi connectivity index (χ0n) is 10.5. The molecule has 18 heavy (non-hydrogen) atoms. The van der Waals surface area contributed by atoms with Crippen molar-refractivity contribution in [2.24, 2.45) is 0 Å². The number of hydrogen-bond acceptors (Lipinski definition) is 3. The number of morpholine rings is 1. The van der Waals surface area contributed by atoms with Gasteiger partial charge in [0.15, 0.2) is 0 Å². The Bertz CT molecular complexity index is 433. The van der Waals surface area contributed by atoms with Crippen molar-refractivity contribution in [2.45, 2.75) is 19.9 Å². The van der Waals surface area contributed by atoms with Crippen LogP contribution in [0.15, 0.2) is 12.1 Å². The number of ether oxygens (including phenoxy) is 1. The van der Waals surface area contributed by atoms with E-state index in [1.165, 1.54) is 0 Å². The maximum Gasteiger partial charge on any atom is 0.243 e. The smallest absolute Gasteiger partial charge is 0.243 e. The number of halogens is 1. The van der Waals surface area contributed by atoms with Gasteiger partial charge in [-0.3, -0.25) is 4.79 Å². The average Bonchev–Trinajstić information content (AvgIpc) is 2.34. The number of benzene rings is 1. The highest BCUT2D eigenvalue weighted by molar-refractivity contribution is 6.34. The number of nitrogens with one attached hydrogen (secondary N) is 2. The van der Waals surface area contributed by atoms with Gasteiger partial charge in [0, 0.05) is 6.54 Å². The average molecular weight is 269 g/mol. The molecule has 1 amide bonds. The van der Waals surface area contributed by atoms with Crippen LogP contribution in [-0.4, -0.2) is 31.7 Å². The summed E-state index contributed by atoms with van der Waals surface area (Å²) in [5.74, 6) is -0.108. The molecule has 0 radical (unpaired) electrons. The third-order valence-electron chi connectivity index (χ3n) is 2.92. The third kappa shape index (κ3) is 3.02. The number of carbonyl (C=O) groups excluding carboxylic acids is 1. The molecule has 0 aliphatic carbocycles. The van der Waals surface area contributed by atoms with E-state index in [-0.39, 0.29) is 11.9 Å². The van der Waals surface area contributed by atoms with Crippen LogP contribution in [0.25, 0.3) is 0 Å². The van der Waals surface area contributed by atoms with Gasteiger partial charge in [-0.25, -0.2) is 0 Å². The largest absolute Gasteiger partial charge is 0.378 e. The highest BCUT2D eigenvalue weighted by atomic mass is 35.5. The monoisotopic (exact) mass is 268 g/mol. The van der Waals surface area contributed by atoms with E-state index in [2.05, 4.69) is 10.6 Å². The molecule has 1 aromatic rings. The van der Waals surface area contributed by atoms with Crippen molar-refractivity contribution in [3.8, 4) is 0 Å². The molecule has 1 atom stereocenters. The van der Waals surface area contributed by atoms with Crippen LogP contribution in [0.3, 0.4) is 0 Å². The molecule has 2 rings (SSSR count). The van der Waals surface area contributed by atoms with Gasteiger partial charge in [0.05, 0.1) is 23.9 Å². The van der Waals surface area contributed by atoms with E-state index in [1.54, 1.807) is 0 Å². The molecule has 98 valence electrons. The van der Waals surface area contributed by atoms with Crippen molar-refractivity contribution in [3.05, 3.63) is 28.3 Å². The minimum atomic E-state index is -0.310. The number of rotatable bonds is 2. The van der Waals surface area contributed by atoms with Gasteiger partial charge in [0.1, 0.15) is 6.04 Å². The number of hydrogen-bond donors (Lipinski definition) is 2. The molecule has 4 nitrogen and oxygen atoms in total. The normalized spacial score (nSPS) is 19.6. The van der Waals surface area contributed by atoms with E-state index in [0.29, 0.717) is 30.5 Å². The fourth-order valence-electron chi connectivity index (χ4n) is 2.02. The Morgan fingerprint density at radius 2 is 2.28 bits per heavy atom. The summed E-state index contributed by atoms with van der Waals surface area (Å²) in [4.78, 5) is 12.0. The topological polar surface area (TPSA) is 50.4 Å². The molecule has 2 N–H and O–H groups in total. The van der Waals surface area contributed by atoms with Crippen LogP contribution in [0.1, 0.15) is 11.1 Å². The van der Waals surface area contributed by atoms with Crippen molar-refractivity contribution in [3.63, 3.8) is 0 Å². The first kappa shape index (κ1) is 13.3. The Hall–Kier alpha value is -1.10. The standard InChI is InChI=1S/C13H17ClN2O2/c1-8-5-9(2)12(10(14)6-8)16-13(17)11-7-18-4-3-15-11/h5-6,11,15H,3-4,7H2,1-2H3,(H,16,17). The predicted molar refractivity (Wildman–Crippen MR) is 72.2 cm³/mol. The van der Waals surface area contributed by atoms with Crippen molar-refractivity contribution in [1.29, 1.82) is 0 Å². The van der Waals surface area contributed by atoms with E-state index in [0.717, 1.165) is 11.1 Å². The van der Waals surface area contributed by atoms with E-state index in [9.17, 15) is 4.79 Å². The van der Waals surface area contributed by atoms with Crippen LogP contribution in [0.4, 0.5) is 5.69 Å². The lowest BCUT2D eigenvalue weighted by atomic mass is 10.1. The van der Waals surface area contributed by atoms with Crippen LogP contribution in [0, 0.1) is 13.8 Å². The first-order valence-electron chi connectivity index (χ1n) is 5.96.